The summed E-state index contributed by atoms with van der Waals surface area (Å²) in [6.45, 7) is 10.5. The van der Waals surface area contributed by atoms with E-state index in [1.165, 1.54) is 11.1 Å². The van der Waals surface area contributed by atoms with E-state index in [0.717, 1.165) is 48.7 Å². The predicted octanol–water partition coefficient (Wildman–Crippen LogP) is 5.85. The van der Waals surface area contributed by atoms with Crippen molar-refractivity contribution in [3.8, 4) is 23.0 Å². The molecule has 4 heteroatoms. The summed E-state index contributed by atoms with van der Waals surface area (Å²) in [6, 6.07) is 12.5. The van der Waals surface area contributed by atoms with Gasteiger partial charge in [0.15, 0.2) is 23.0 Å². The largest absolute Gasteiger partial charge is 0.490 e. The molecule has 0 saturated carbocycles. The maximum Gasteiger partial charge on any atom is 0.161 e. The maximum atomic E-state index is 5.72. The molecule has 0 N–H and O–H groups in total. The van der Waals surface area contributed by atoms with Gasteiger partial charge in [0, 0.05) is 0 Å². The van der Waals surface area contributed by atoms with Gasteiger partial charge in [0.1, 0.15) is 0 Å². The van der Waals surface area contributed by atoms with Gasteiger partial charge in [0.25, 0.3) is 0 Å². The molecule has 2 aromatic rings. The fraction of sp³-hybridized carbons (Fsp3) is 0.500. The molecular weight excluding hydrogens is 352 g/mol. The lowest BCUT2D eigenvalue weighted by Crippen LogP contribution is -2.00. The molecule has 2 aromatic carbocycles. The number of ether oxygens (including phenoxy) is 4. The number of rotatable bonds is 13. The number of hydrogen-bond donors (Lipinski definition) is 0. The first kappa shape index (κ1) is 21.9. The Morgan fingerprint density at radius 2 is 0.857 bits per heavy atom. The van der Waals surface area contributed by atoms with Crippen LogP contribution in [0.5, 0.6) is 23.0 Å². The van der Waals surface area contributed by atoms with Crippen molar-refractivity contribution in [1.29, 1.82) is 0 Å². The number of hydrogen-bond acceptors (Lipinski definition) is 4. The van der Waals surface area contributed by atoms with Crippen LogP contribution in [0.15, 0.2) is 36.4 Å². The quantitative estimate of drug-likeness (QED) is 0.405. The summed E-state index contributed by atoms with van der Waals surface area (Å²) in [5, 5.41) is 0. The van der Waals surface area contributed by atoms with Crippen LogP contribution in [0.25, 0.3) is 0 Å². The minimum Gasteiger partial charge on any atom is -0.490 e. The van der Waals surface area contributed by atoms with E-state index in [1.807, 2.05) is 39.8 Å². The lowest BCUT2D eigenvalue weighted by molar-refractivity contribution is 0.287. The van der Waals surface area contributed by atoms with Crippen LogP contribution in [0.3, 0.4) is 0 Å². The fourth-order valence-electron chi connectivity index (χ4n) is 3.16. The van der Waals surface area contributed by atoms with Crippen molar-refractivity contribution < 1.29 is 18.9 Å². The number of benzene rings is 2. The van der Waals surface area contributed by atoms with Crippen molar-refractivity contribution in [2.75, 3.05) is 26.4 Å². The molecule has 0 fully saturated rings. The lowest BCUT2D eigenvalue weighted by atomic mass is 10.0. The normalized spacial score (nSPS) is 10.6. The Morgan fingerprint density at radius 1 is 0.500 bits per heavy atom. The van der Waals surface area contributed by atoms with E-state index in [9.17, 15) is 0 Å². The van der Waals surface area contributed by atoms with Gasteiger partial charge in [-0.25, -0.2) is 0 Å². The van der Waals surface area contributed by atoms with Gasteiger partial charge in [-0.2, -0.15) is 0 Å². The highest BCUT2D eigenvalue weighted by Gasteiger charge is 2.08. The Morgan fingerprint density at radius 3 is 1.21 bits per heavy atom. The van der Waals surface area contributed by atoms with Crippen molar-refractivity contribution in [3.05, 3.63) is 47.5 Å². The van der Waals surface area contributed by atoms with Crippen molar-refractivity contribution in [1.82, 2.24) is 0 Å². The minimum absolute atomic E-state index is 0.642. The standard InChI is InChI=1S/C24H34O4/c1-5-25-21-15-13-19(17-23(21)27-7-3)11-9-10-12-20-14-16-22(26-6-2)24(18-20)28-8-4/h13-18H,5-12H2,1-4H3. The highest BCUT2D eigenvalue weighted by Crippen LogP contribution is 2.30. The first-order valence-electron chi connectivity index (χ1n) is 10.5. The SMILES string of the molecule is CCOc1ccc(CCCCc2ccc(OCC)c(OCC)c2)cc1OCC. The number of unbranched alkanes of at least 4 members (excludes halogenated alkanes) is 1. The molecule has 2 rings (SSSR count). The van der Waals surface area contributed by atoms with Crippen LogP contribution in [0.4, 0.5) is 0 Å². The van der Waals surface area contributed by atoms with E-state index < -0.39 is 0 Å². The summed E-state index contributed by atoms with van der Waals surface area (Å²) in [5.41, 5.74) is 2.57. The molecule has 0 aromatic heterocycles. The first-order chi connectivity index (χ1) is 13.7. The molecule has 0 atom stereocenters. The molecule has 4 nitrogen and oxygen atoms in total. The molecule has 0 aliphatic heterocycles. The summed E-state index contributed by atoms with van der Waals surface area (Å²) in [4.78, 5) is 0. The van der Waals surface area contributed by atoms with Gasteiger partial charge in [-0.3, -0.25) is 0 Å². The topological polar surface area (TPSA) is 36.9 Å². The van der Waals surface area contributed by atoms with Gasteiger partial charge < -0.3 is 18.9 Å². The fourth-order valence-corrected chi connectivity index (χ4v) is 3.16. The van der Waals surface area contributed by atoms with Crippen LogP contribution < -0.4 is 18.9 Å². The van der Waals surface area contributed by atoms with Crippen molar-refractivity contribution >= 4 is 0 Å². The Bertz CT molecular complexity index is 650. The molecule has 0 spiro atoms. The second kappa shape index (κ2) is 12.2. The average molecular weight is 387 g/mol. The van der Waals surface area contributed by atoms with Gasteiger partial charge in [-0.15, -0.1) is 0 Å². The van der Waals surface area contributed by atoms with Crippen LogP contribution in [-0.4, -0.2) is 26.4 Å². The van der Waals surface area contributed by atoms with Gasteiger partial charge in [-0.1, -0.05) is 12.1 Å². The molecule has 28 heavy (non-hydrogen) atoms. The second-order valence-corrected chi connectivity index (χ2v) is 6.50. The molecule has 0 aliphatic rings. The third-order valence-corrected chi connectivity index (χ3v) is 4.40. The van der Waals surface area contributed by atoms with Crippen LogP contribution in [0.1, 0.15) is 51.7 Å². The smallest absolute Gasteiger partial charge is 0.161 e. The lowest BCUT2D eigenvalue weighted by Gasteiger charge is -2.13. The zero-order valence-electron chi connectivity index (χ0n) is 17.8. The molecule has 0 unspecified atom stereocenters. The van der Waals surface area contributed by atoms with E-state index in [1.54, 1.807) is 0 Å². The molecular formula is C24H34O4. The first-order valence-corrected chi connectivity index (χ1v) is 10.5. The van der Waals surface area contributed by atoms with Crippen molar-refractivity contribution in [2.24, 2.45) is 0 Å². The van der Waals surface area contributed by atoms with Gasteiger partial charge in [0.05, 0.1) is 26.4 Å². The van der Waals surface area contributed by atoms with Crippen molar-refractivity contribution in [3.63, 3.8) is 0 Å². The van der Waals surface area contributed by atoms with Crippen molar-refractivity contribution in [2.45, 2.75) is 53.4 Å². The Hall–Kier alpha value is -2.36. The monoisotopic (exact) mass is 386 g/mol. The Balaban J connectivity index is 1.90. The van der Waals surface area contributed by atoms with E-state index >= 15 is 0 Å². The number of aryl methyl sites for hydroxylation is 2. The molecule has 0 bridgehead atoms. The second-order valence-electron chi connectivity index (χ2n) is 6.50. The summed E-state index contributed by atoms with van der Waals surface area (Å²) in [6.07, 6.45) is 4.30. The molecule has 0 radical (unpaired) electrons. The Kier molecular flexibility index (Phi) is 9.53. The maximum absolute atomic E-state index is 5.72. The average Bonchev–Trinajstić information content (AvgIpc) is 2.69. The Labute approximate surface area is 169 Å². The van der Waals surface area contributed by atoms with E-state index in [2.05, 4.69) is 24.3 Å². The molecule has 0 amide bonds. The summed E-state index contributed by atoms with van der Waals surface area (Å²) >= 11 is 0. The zero-order chi connectivity index (χ0) is 20.2. The van der Waals surface area contributed by atoms with Crippen LogP contribution >= 0.6 is 0 Å². The summed E-state index contributed by atoms with van der Waals surface area (Å²) in [7, 11) is 0. The molecule has 154 valence electrons. The van der Waals surface area contributed by atoms with E-state index in [-0.39, 0.29) is 0 Å². The third kappa shape index (κ3) is 6.66. The summed E-state index contributed by atoms with van der Waals surface area (Å²) in [5.74, 6) is 3.33. The van der Waals surface area contributed by atoms with E-state index in [0.29, 0.717) is 26.4 Å². The highest BCUT2D eigenvalue weighted by atomic mass is 16.5. The minimum atomic E-state index is 0.642. The van der Waals surface area contributed by atoms with Gasteiger partial charge >= 0.3 is 0 Å². The third-order valence-electron chi connectivity index (χ3n) is 4.40. The van der Waals surface area contributed by atoms with Crippen LogP contribution in [-0.2, 0) is 12.8 Å². The molecule has 0 heterocycles. The molecule has 0 saturated heterocycles. The van der Waals surface area contributed by atoms with Crippen LogP contribution in [0, 0.1) is 0 Å². The van der Waals surface area contributed by atoms with E-state index in [4.69, 9.17) is 18.9 Å². The highest BCUT2D eigenvalue weighted by molar-refractivity contribution is 5.44. The van der Waals surface area contributed by atoms with Gasteiger partial charge in [-0.05, 0) is 88.8 Å². The zero-order valence-corrected chi connectivity index (χ0v) is 17.8. The van der Waals surface area contributed by atoms with Gasteiger partial charge in [0.2, 0.25) is 0 Å². The molecule has 0 aliphatic carbocycles. The predicted molar refractivity (Wildman–Crippen MR) is 114 cm³/mol. The van der Waals surface area contributed by atoms with Crippen LogP contribution in [0.2, 0.25) is 0 Å². The summed E-state index contributed by atoms with van der Waals surface area (Å²) < 4.78 is 22.7.